The third kappa shape index (κ3) is 3.55. The number of amides is 3. The molecular weight excluding hydrogens is 316 g/mol. The van der Waals surface area contributed by atoms with E-state index in [9.17, 15) is 19.5 Å². The predicted octanol–water partition coefficient (Wildman–Crippen LogP) is 0.261. The third-order valence-corrected chi connectivity index (χ3v) is 4.03. The molecule has 24 heavy (non-hydrogen) atoms. The van der Waals surface area contributed by atoms with Gasteiger partial charge in [-0.15, -0.1) is 0 Å². The maximum absolute atomic E-state index is 11.9. The van der Waals surface area contributed by atoms with Gasteiger partial charge in [0.1, 0.15) is 18.9 Å². The fraction of sp³-hybridized carbons (Fsp3) is 0.438. The molecule has 0 spiro atoms. The van der Waals surface area contributed by atoms with Gasteiger partial charge in [-0.3, -0.25) is 15.0 Å². The van der Waals surface area contributed by atoms with Crippen molar-refractivity contribution in [2.45, 2.75) is 31.3 Å². The average Bonchev–Trinajstić information content (AvgIpc) is 2.94. The maximum atomic E-state index is 11.9. The largest absolute Gasteiger partial charge is 0.459 e. The van der Waals surface area contributed by atoms with Crippen LogP contribution in [0.3, 0.4) is 0 Å². The van der Waals surface area contributed by atoms with E-state index in [2.05, 4.69) is 5.32 Å². The van der Waals surface area contributed by atoms with Crippen LogP contribution in [0.4, 0.5) is 4.79 Å². The Morgan fingerprint density at radius 1 is 1.33 bits per heavy atom. The van der Waals surface area contributed by atoms with Crippen LogP contribution in [0.5, 0.6) is 0 Å². The van der Waals surface area contributed by atoms with Gasteiger partial charge in [-0.1, -0.05) is 18.2 Å². The van der Waals surface area contributed by atoms with E-state index in [0.29, 0.717) is 5.56 Å². The number of aliphatic hydroxyl groups excluding tert-OH is 1. The van der Waals surface area contributed by atoms with Gasteiger partial charge < -0.3 is 14.6 Å². The van der Waals surface area contributed by atoms with Crippen molar-refractivity contribution in [1.29, 1.82) is 0 Å². The highest BCUT2D eigenvalue weighted by atomic mass is 16.6. The topological polar surface area (TPSA) is 105 Å². The molecule has 128 valence electrons. The van der Waals surface area contributed by atoms with Crippen molar-refractivity contribution < 1.29 is 29.0 Å². The third-order valence-electron chi connectivity index (χ3n) is 4.03. The van der Waals surface area contributed by atoms with Crippen LogP contribution in [0.2, 0.25) is 0 Å². The molecule has 1 aromatic carbocycles. The molecule has 3 rings (SSSR count). The van der Waals surface area contributed by atoms with Gasteiger partial charge in [0.2, 0.25) is 5.91 Å². The minimum Gasteiger partial charge on any atom is -0.459 e. The van der Waals surface area contributed by atoms with Gasteiger partial charge in [0.05, 0.1) is 11.7 Å². The lowest BCUT2D eigenvalue weighted by atomic mass is 10.1. The smallest absolute Gasteiger partial charge is 0.338 e. The second-order valence-electron chi connectivity index (χ2n) is 5.69. The summed E-state index contributed by atoms with van der Waals surface area (Å²) in [6, 6.07) is 7.97. The number of hydrogen-bond acceptors (Lipinski definition) is 6. The molecule has 0 radical (unpaired) electrons. The highest BCUT2D eigenvalue weighted by molar-refractivity contribution is 5.96. The van der Waals surface area contributed by atoms with Gasteiger partial charge in [0.25, 0.3) is 0 Å². The fourth-order valence-electron chi connectivity index (χ4n) is 2.72. The van der Waals surface area contributed by atoms with Gasteiger partial charge in [-0.05, 0) is 12.1 Å². The highest BCUT2D eigenvalue weighted by Crippen LogP contribution is 2.25. The SMILES string of the molecule is O=C1CCN([C@H]2C[C@H](O)[C@@H](COC(=O)c3ccccc3)O2)C(=O)N1. The Balaban J connectivity index is 1.53. The Labute approximate surface area is 138 Å². The summed E-state index contributed by atoms with van der Waals surface area (Å²) in [6.07, 6.45) is -1.82. The van der Waals surface area contributed by atoms with Crippen LogP contribution >= 0.6 is 0 Å². The van der Waals surface area contributed by atoms with Crippen LogP contribution in [-0.4, -0.2) is 59.5 Å². The monoisotopic (exact) mass is 334 g/mol. The van der Waals surface area contributed by atoms with Crippen molar-refractivity contribution in [3.63, 3.8) is 0 Å². The van der Waals surface area contributed by atoms with Crippen LogP contribution in [-0.2, 0) is 14.3 Å². The molecule has 3 atom stereocenters. The standard InChI is InChI=1S/C16H18N2O6/c19-11-8-14(18-7-6-13(20)17-16(18)22)24-12(11)9-23-15(21)10-4-2-1-3-5-10/h1-5,11-12,14,19H,6-9H2,(H,17,20,22)/t11-,12+,14+/m0/s1. The van der Waals surface area contributed by atoms with Crippen molar-refractivity contribution in [2.24, 2.45) is 0 Å². The summed E-state index contributed by atoms with van der Waals surface area (Å²) in [5, 5.41) is 12.3. The number of hydrogen-bond donors (Lipinski definition) is 2. The first-order valence-corrected chi connectivity index (χ1v) is 7.71. The van der Waals surface area contributed by atoms with Crippen LogP contribution in [0.15, 0.2) is 30.3 Å². The van der Waals surface area contributed by atoms with E-state index in [1.807, 2.05) is 0 Å². The average molecular weight is 334 g/mol. The van der Waals surface area contributed by atoms with Crippen LogP contribution in [0.1, 0.15) is 23.2 Å². The second-order valence-corrected chi connectivity index (χ2v) is 5.69. The van der Waals surface area contributed by atoms with Gasteiger partial charge >= 0.3 is 12.0 Å². The first kappa shape index (κ1) is 16.4. The summed E-state index contributed by atoms with van der Waals surface area (Å²) >= 11 is 0. The first-order chi connectivity index (χ1) is 11.5. The summed E-state index contributed by atoms with van der Waals surface area (Å²) in [5.74, 6) is -0.834. The summed E-state index contributed by atoms with van der Waals surface area (Å²) in [4.78, 5) is 36.2. The predicted molar refractivity (Wildman–Crippen MR) is 80.9 cm³/mol. The molecule has 8 nitrogen and oxygen atoms in total. The maximum Gasteiger partial charge on any atom is 0.338 e. The zero-order valence-electron chi connectivity index (χ0n) is 12.9. The fourth-order valence-corrected chi connectivity index (χ4v) is 2.72. The van der Waals surface area contributed by atoms with E-state index < -0.39 is 30.4 Å². The van der Waals surface area contributed by atoms with E-state index in [1.54, 1.807) is 30.3 Å². The molecule has 2 heterocycles. The van der Waals surface area contributed by atoms with Gasteiger partial charge in [-0.25, -0.2) is 9.59 Å². The van der Waals surface area contributed by atoms with E-state index in [4.69, 9.17) is 9.47 Å². The zero-order valence-corrected chi connectivity index (χ0v) is 12.9. The van der Waals surface area contributed by atoms with Crippen molar-refractivity contribution in [2.75, 3.05) is 13.2 Å². The Morgan fingerprint density at radius 2 is 2.08 bits per heavy atom. The Bertz CT molecular complexity index is 635. The molecule has 0 aromatic heterocycles. The number of carbonyl (C=O) groups is 3. The lowest BCUT2D eigenvalue weighted by Crippen LogP contribution is -2.53. The van der Waals surface area contributed by atoms with Gasteiger partial charge in [0, 0.05) is 19.4 Å². The molecule has 2 N–H and O–H groups in total. The lowest BCUT2D eigenvalue weighted by molar-refractivity contribution is -0.124. The molecule has 0 aliphatic carbocycles. The minimum atomic E-state index is -0.857. The number of ether oxygens (including phenoxy) is 2. The molecule has 0 bridgehead atoms. The molecule has 0 saturated carbocycles. The number of benzene rings is 1. The number of nitrogens with one attached hydrogen (secondary N) is 1. The van der Waals surface area contributed by atoms with Crippen LogP contribution in [0, 0.1) is 0 Å². The molecule has 3 amide bonds. The lowest BCUT2D eigenvalue weighted by Gasteiger charge is -2.31. The van der Waals surface area contributed by atoms with Crippen molar-refractivity contribution in [1.82, 2.24) is 10.2 Å². The van der Waals surface area contributed by atoms with Crippen molar-refractivity contribution in [3.8, 4) is 0 Å². The van der Waals surface area contributed by atoms with Crippen molar-refractivity contribution >= 4 is 17.9 Å². The molecule has 8 heteroatoms. The summed E-state index contributed by atoms with van der Waals surface area (Å²) in [5.41, 5.74) is 0.412. The number of urea groups is 1. The summed E-state index contributed by atoms with van der Waals surface area (Å²) < 4.78 is 10.8. The zero-order chi connectivity index (χ0) is 17.1. The van der Waals surface area contributed by atoms with E-state index >= 15 is 0 Å². The molecule has 0 unspecified atom stereocenters. The molecule has 2 aliphatic heterocycles. The first-order valence-electron chi connectivity index (χ1n) is 7.71. The minimum absolute atomic E-state index is 0.111. The summed E-state index contributed by atoms with van der Waals surface area (Å²) in [6.45, 7) is 0.123. The normalized spacial score (nSPS) is 27.0. The molecule has 2 aliphatic rings. The van der Waals surface area contributed by atoms with Crippen LogP contribution < -0.4 is 5.32 Å². The number of rotatable bonds is 4. The number of nitrogens with zero attached hydrogens (tertiary/aromatic N) is 1. The quantitative estimate of drug-likeness (QED) is 0.765. The second kappa shape index (κ2) is 6.98. The molecule has 2 fully saturated rings. The van der Waals surface area contributed by atoms with Gasteiger partial charge in [-0.2, -0.15) is 0 Å². The number of carbonyl (C=O) groups excluding carboxylic acids is 3. The number of esters is 1. The van der Waals surface area contributed by atoms with E-state index in [1.165, 1.54) is 4.90 Å². The Morgan fingerprint density at radius 3 is 2.79 bits per heavy atom. The number of imide groups is 1. The van der Waals surface area contributed by atoms with E-state index in [-0.39, 0.29) is 31.9 Å². The van der Waals surface area contributed by atoms with E-state index in [0.717, 1.165) is 0 Å². The Kier molecular flexibility index (Phi) is 4.77. The molecular formula is C16H18N2O6. The van der Waals surface area contributed by atoms with Gasteiger partial charge in [0.15, 0.2) is 0 Å². The van der Waals surface area contributed by atoms with Crippen LogP contribution in [0.25, 0.3) is 0 Å². The number of aliphatic hydroxyl groups is 1. The summed E-state index contributed by atoms with van der Waals surface area (Å²) in [7, 11) is 0. The molecule has 2 saturated heterocycles. The molecule has 1 aromatic rings. The van der Waals surface area contributed by atoms with Crippen molar-refractivity contribution in [3.05, 3.63) is 35.9 Å². The highest BCUT2D eigenvalue weighted by Gasteiger charge is 2.41. The Hall–Kier alpha value is -2.45.